The van der Waals surface area contributed by atoms with Crippen LogP contribution in [-0.4, -0.2) is 25.1 Å². The van der Waals surface area contributed by atoms with Gasteiger partial charge in [0, 0.05) is 25.3 Å². The van der Waals surface area contributed by atoms with Crippen molar-refractivity contribution in [3.63, 3.8) is 0 Å². The average molecular weight is 233 g/mol. The monoisotopic (exact) mass is 233 g/mol. The van der Waals surface area contributed by atoms with E-state index in [0.717, 1.165) is 23.3 Å². The van der Waals surface area contributed by atoms with Crippen LogP contribution in [0.1, 0.15) is 13.8 Å². The molecule has 0 unspecified atom stereocenters. The molecule has 4 heteroatoms. The molecular weight excluding hydrogens is 214 g/mol. The number of hydrogen-bond acceptors (Lipinski definition) is 4. The van der Waals surface area contributed by atoms with Crippen LogP contribution in [0.2, 0.25) is 0 Å². The number of oxazole rings is 1. The Hall–Kier alpha value is -1.55. The minimum absolute atomic E-state index is 0.102. The second-order valence-corrected chi connectivity index (χ2v) is 5.23. The van der Waals surface area contributed by atoms with Crippen molar-refractivity contribution in [1.29, 1.82) is 0 Å². The van der Waals surface area contributed by atoms with E-state index in [4.69, 9.17) is 10.2 Å². The third-order valence-electron chi connectivity index (χ3n) is 2.97. The summed E-state index contributed by atoms with van der Waals surface area (Å²) in [6, 6.07) is 6.03. The molecule has 0 spiro atoms. The first-order chi connectivity index (χ1) is 8.02. The quantitative estimate of drug-likeness (QED) is 0.880. The van der Waals surface area contributed by atoms with Crippen LogP contribution in [0.3, 0.4) is 0 Å². The fraction of sp³-hybridized carbons (Fsp3) is 0.462. The van der Waals surface area contributed by atoms with Crippen molar-refractivity contribution in [1.82, 2.24) is 4.98 Å². The van der Waals surface area contributed by atoms with Crippen molar-refractivity contribution in [3.8, 4) is 0 Å². The highest BCUT2D eigenvalue weighted by Crippen LogP contribution is 2.23. The molecule has 4 nitrogen and oxygen atoms in total. The highest BCUT2D eigenvalue weighted by molar-refractivity contribution is 5.77. The molecule has 2 aromatic rings. The fourth-order valence-electron chi connectivity index (χ4n) is 1.88. The van der Waals surface area contributed by atoms with Gasteiger partial charge in [-0.25, -0.2) is 4.98 Å². The number of rotatable bonds is 4. The summed E-state index contributed by atoms with van der Waals surface area (Å²) in [7, 11) is 2.06. The Labute approximate surface area is 101 Å². The minimum atomic E-state index is 0.102. The standard InChI is InChI=1S/C13H19N3O/c1-13(2,7-14)8-16(3)10-4-5-11-12(6-10)17-9-15-11/h4-6,9H,7-8,14H2,1-3H3. The number of nitrogens with zero attached hydrogens (tertiary/aromatic N) is 2. The van der Waals surface area contributed by atoms with Gasteiger partial charge in [-0.1, -0.05) is 13.8 Å². The van der Waals surface area contributed by atoms with Crippen molar-refractivity contribution in [2.24, 2.45) is 11.1 Å². The lowest BCUT2D eigenvalue weighted by Gasteiger charge is -2.30. The molecule has 0 atom stereocenters. The highest BCUT2D eigenvalue weighted by atomic mass is 16.3. The average Bonchev–Trinajstić information content (AvgIpc) is 2.75. The molecule has 0 aliphatic rings. The van der Waals surface area contributed by atoms with Gasteiger partial charge in [0.2, 0.25) is 0 Å². The second-order valence-electron chi connectivity index (χ2n) is 5.23. The SMILES string of the molecule is CN(CC(C)(C)CN)c1ccc2ncoc2c1. The Bertz CT molecular complexity index is 504. The molecule has 1 aromatic carbocycles. The Morgan fingerprint density at radius 3 is 2.88 bits per heavy atom. The lowest BCUT2D eigenvalue weighted by Crippen LogP contribution is -2.36. The molecule has 0 aliphatic carbocycles. The van der Waals surface area contributed by atoms with Gasteiger partial charge in [-0.05, 0) is 24.1 Å². The summed E-state index contributed by atoms with van der Waals surface area (Å²) < 4.78 is 5.30. The molecule has 92 valence electrons. The van der Waals surface area contributed by atoms with Crippen molar-refractivity contribution in [3.05, 3.63) is 24.6 Å². The topological polar surface area (TPSA) is 55.3 Å². The lowest BCUT2D eigenvalue weighted by molar-refractivity contribution is 0.385. The maximum Gasteiger partial charge on any atom is 0.181 e. The van der Waals surface area contributed by atoms with E-state index in [9.17, 15) is 0 Å². The van der Waals surface area contributed by atoms with E-state index in [-0.39, 0.29) is 5.41 Å². The molecule has 0 radical (unpaired) electrons. The summed E-state index contributed by atoms with van der Waals surface area (Å²) in [5.74, 6) is 0. The van der Waals surface area contributed by atoms with Crippen LogP contribution in [0.4, 0.5) is 5.69 Å². The third kappa shape index (κ3) is 2.58. The van der Waals surface area contributed by atoms with Crippen molar-refractivity contribution >= 4 is 16.8 Å². The third-order valence-corrected chi connectivity index (χ3v) is 2.97. The molecule has 2 N–H and O–H groups in total. The van der Waals surface area contributed by atoms with E-state index in [0.29, 0.717) is 6.54 Å². The van der Waals surface area contributed by atoms with Crippen molar-refractivity contribution in [2.75, 3.05) is 25.0 Å². The number of anilines is 1. The number of benzene rings is 1. The van der Waals surface area contributed by atoms with E-state index < -0.39 is 0 Å². The summed E-state index contributed by atoms with van der Waals surface area (Å²) in [4.78, 5) is 6.29. The number of aromatic nitrogens is 1. The first kappa shape index (κ1) is 11.9. The predicted octanol–water partition coefficient (Wildman–Crippen LogP) is 2.25. The molecule has 0 amide bonds. The summed E-state index contributed by atoms with van der Waals surface area (Å²) in [6.45, 7) is 5.90. The minimum Gasteiger partial charge on any atom is -0.443 e. The largest absolute Gasteiger partial charge is 0.443 e. The molecule has 0 saturated heterocycles. The Kier molecular flexibility index (Phi) is 3.07. The van der Waals surface area contributed by atoms with Crippen LogP contribution in [0, 0.1) is 5.41 Å². The maximum atomic E-state index is 5.75. The molecule has 17 heavy (non-hydrogen) atoms. The van der Waals surface area contributed by atoms with Gasteiger partial charge in [-0.2, -0.15) is 0 Å². The maximum absolute atomic E-state index is 5.75. The van der Waals surface area contributed by atoms with Gasteiger partial charge < -0.3 is 15.1 Å². The first-order valence-electron chi connectivity index (χ1n) is 5.76. The van der Waals surface area contributed by atoms with Gasteiger partial charge in [-0.15, -0.1) is 0 Å². The number of fused-ring (bicyclic) bond motifs is 1. The summed E-state index contributed by atoms with van der Waals surface area (Å²) in [6.07, 6.45) is 1.47. The normalized spacial score (nSPS) is 12.0. The second kappa shape index (κ2) is 4.37. The molecule has 1 aromatic heterocycles. The van der Waals surface area contributed by atoms with Crippen molar-refractivity contribution in [2.45, 2.75) is 13.8 Å². The number of hydrogen-bond donors (Lipinski definition) is 1. The summed E-state index contributed by atoms with van der Waals surface area (Å²) in [5.41, 5.74) is 8.68. The molecule has 0 aliphatic heterocycles. The van der Waals surface area contributed by atoms with Crippen LogP contribution < -0.4 is 10.6 Å². The molecule has 1 heterocycles. The van der Waals surface area contributed by atoms with Crippen LogP contribution in [-0.2, 0) is 0 Å². The van der Waals surface area contributed by atoms with Crippen LogP contribution in [0.5, 0.6) is 0 Å². The van der Waals surface area contributed by atoms with Gasteiger partial charge in [0.15, 0.2) is 12.0 Å². The van der Waals surface area contributed by atoms with E-state index in [1.807, 2.05) is 12.1 Å². The smallest absolute Gasteiger partial charge is 0.181 e. The van der Waals surface area contributed by atoms with Crippen LogP contribution in [0.25, 0.3) is 11.1 Å². The van der Waals surface area contributed by atoms with E-state index in [1.54, 1.807) is 0 Å². The molecular formula is C13H19N3O. The van der Waals surface area contributed by atoms with Gasteiger partial charge >= 0.3 is 0 Å². The van der Waals surface area contributed by atoms with E-state index in [1.165, 1.54) is 6.39 Å². The summed E-state index contributed by atoms with van der Waals surface area (Å²) in [5, 5.41) is 0. The van der Waals surface area contributed by atoms with Gasteiger partial charge in [0.05, 0.1) is 0 Å². The van der Waals surface area contributed by atoms with E-state index in [2.05, 4.69) is 36.8 Å². The van der Waals surface area contributed by atoms with Gasteiger partial charge in [0.1, 0.15) is 5.52 Å². The lowest BCUT2D eigenvalue weighted by atomic mass is 9.93. The van der Waals surface area contributed by atoms with Crippen molar-refractivity contribution < 1.29 is 4.42 Å². The zero-order valence-corrected chi connectivity index (χ0v) is 10.6. The zero-order chi connectivity index (χ0) is 12.5. The molecule has 2 rings (SSSR count). The Morgan fingerprint density at radius 2 is 2.18 bits per heavy atom. The van der Waals surface area contributed by atoms with Gasteiger partial charge in [-0.3, -0.25) is 0 Å². The Morgan fingerprint density at radius 1 is 1.41 bits per heavy atom. The molecule has 0 bridgehead atoms. The highest BCUT2D eigenvalue weighted by Gasteiger charge is 2.18. The fourth-order valence-corrected chi connectivity index (χ4v) is 1.88. The molecule has 0 fully saturated rings. The first-order valence-corrected chi connectivity index (χ1v) is 5.76. The number of nitrogens with two attached hydrogens (primary N) is 1. The van der Waals surface area contributed by atoms with Crippen LogP contribution in [0.15, 0.2) is 29.0 Å². The zero-order valence-electron chi connectivity index (χ0n) is 10.6. The van der Waals surface area contributed by atoms with Crippen LogP contribution >= 0.6 is 0 Å². The van der Waals surface area contributed by atoms with E-state index >= 15 is 0 Å². The molecule has 0 saturated carbocycles. The van der Waals surface area contributed by atoms with Gasteiger partial charge in [0.25, 0.3) is 0 Å². The summed E-state index contributed by atoms with van der Waals surface area (Å²) >= 11 is 0. The predicted molar refractivity (Wildman–Crippen MR) is 70.1 cm³/mol. The Balaban J connectivity index is 2.21.